The van der Waals surface area contributed by atoms with Crippen LogP contribution >= 0.6 is 11.6 Å². The highest BCUT2D eigenvalue weighted by Gasteiger charge is 2.47. The third-order valence-corrected chi connectivity index (χ3v) is 8.69. The van der Waals surface area contributed by atoms with Gasteiger partial charge in [-0.2, -0.15) is 5.10 Å². The predicted molar refractivity (Wildman–Crippen MR) is 160 cm³/mol. The number of halogens is 1. The van der Waals surface area contributed by atoms with Gasteiger partial charge in [0.15, 0.2) is 5.60 Å². The van der Waals surface area contributed by atoms with Crippen LogP contribution in [0.15, 0.2) is 72.1 Å². The quantitative estimate of drug-likeness (QED) is 0.306. The van der Waals surface area contributed by atoms with E-state index in [0.29, 0.717) is 40.6 Å². The lowest BCUT2D eigenvalue weighted by atomic mass is 9.82. The van der Waals surface area contributed by atoms with Gasteiger partial charge in [0.1, 0.15) is 5.82 Å². The van der Waals surface area contributed by atoms with E-state index in [4.69, 9.17) is 21.3 Å². The Kier molecular flexibility index (Phi) is 6.79. The summed E-state index contributed by atoms with van der Waals surface area (Å²) in [7, 11) is 5.48. The van der Waals surface area contributed by atoms with Crippen molar-refractivity contribution in [2.45, 2.75) is 31.9 Å². The number of likely N-dealkylation sites (N-methyl/N-ethyl adjacent to an activating group) is 1. The minimum atomic E-state index is -1.41. The number of amidine groups is 1. The smallest absolute Gasteiger partial charge is 0.218 e. The number of aliphatic hydroxyl groups is 1. The van der Waals surface area contributed by atoms with E-state index in [2.05, 4.69) is 27.2 Å². The fourth-order valence-electron chi connectivity index (χ4n) is 5.65. The van der Waals surface area contributed by atoms with Gasteiger partial charge in [0.2, 0.25) is 5.88 Å². The van der Waals surface area contributed by atoms with Crippen LogP contribution < -0.4 is 4.74 Å². The van der Waals surface area contributed by atoms with Gasteiger partial charge in [-0.3, -0.25) is 4.99 Å². The molecule has 3 aromatic heterocycles. The van der Waals surface area contributed by atoms with Crippen LogP contribution in [0.1, 0.15) is 35.1 Å². The summed E-state index contributed by atoms with van der Waals surface area (Å²) in [5, 5.41) is 18.2. The molecule has 9 nitrogen and oxygen atoms in total. The molecule has 5 aromatic rings. The molecule has 1 N–H and O–H groups in total. The number of fused-ring (bicyclic) bond motifs is 1. The molecule has 0 aliphatic carbocycles. The van der Waals surface area contributed by atoms with E-state index < -0.39 is 5.60 Å². The maximum atomic E-state index is 12.6. The first-order valence-electron chi connectivity index (χ1n) is 13.4. The molecule has 10 heteroatoms. The van der Waals surface area contributed by atoms with Crippen molar-refractivity contribution < 1.29 is 9.84 Å². The number of aromatic nitrogens is 5. The largest absolute Gasteiger partial charge is 0.481 e. The highest BCUT2D eigenvalue weighted by Crippen LogP contribution is 2.41. The Morgan fingerprint density at radius 2 is 1.90 bits per heavy atom. The summed E-state index contributed by atoms with van der Waals surface area (Å²) in [5.74, 6) is 2.16. The minimum absolute atomic E-state index is 0.326. The second-order valence-corrected chi connectivity index (χ2v) is 10.8. The Morgan fingerprint density at radius 3 is 2.51 bits per heavy atom. The van der Waals surface area contributed by atoms with Crippen molar-refractivity contribution in [1.82, 2.24) is 29.2 Å². The summed E-state index contributed by atoms with van der Waals surface area (Å²) >= 11 is 7.14. The zero-order valence-electron chi connectivity index (χ0n) is 23.7. The molecule has 4 heterocycles. The maximum Gasteiger partial charge on any atom is 0.218 e. The molecule has 1 aliphatic heterocycles. The standard InChI is InChI=1S/C31H32ClN7O2/c1-19-33-17-27(37(19)3)31(40,28-18-34-20(2)38(28)4)22-9-12-26-24(16-22)29(32)25(30(36-26)41-5)15-21-7-10-23(11-8-21)39-14-6-13-35-39/h6-14,16-17,28,40H,15,18H2,1-5H3. The van der Waals surface area contributed by atoms with E-state index in [9.17, 15) is 5.11 Å². The van der Waals surface area contributed by atoms with E-state index in [1.165, 1.54) is 0 Å². The molecular weight excluding hydrogens is 538 g/mol. The fraction of sp³-hybridized carbons (Fsp3) is 0.290. The molecule has 0 amide bonds. The highest BCUT2D eigenvalue weighted by atomic mass is 35.5. The third-order valence-electron chi connectivity index (χ3n) is 8.26. The first kappa shape index (κ1) is 27.0. The minimum Gasteiger partial charge on any atom is -0.481 e. The molecule has 0 radical (unpaired) electrons. The van der Waals surface area contributed by atoms with Crippen LogP contribution in [0.3, 0.4) is 0 Å². The summed E-state index contributed by atoms with van der Waals surface area (Å²) in [4.78, 5) is 16.0. The first-order chi connectivity index (χ1) is 19.7. The molecule has 0 saturated heterocycles. The molecule has 210 valence electrons. The van der Waals surface area contributed by atoms with Gasteiger partial charge >= 0.3 is 0 Å². The Morgan fingerprint density at radius 1 is 1.12 bits per heavy atom. The number of imidazole rings is 1. The van der Waals surface area contributed by atoms with Crippen LogP contribution in [0, 0.1) is 6.92 Å². The monoisotopic (exact) mass is 569 g/mol. The predicted octanol–water partition coefficient (Wildman–Crippen LogP) is 4.68. The van der Waals surface area contributed by atoms with Crippen LogP contribution in [-0.4, -0.2) is 66.9 Å². The summed E-state index contributed by atoms with van der Waals surface area (Å²) in [5.41, 5.74) is 3.46. The molecule has 6 rings (SSSR count). The lowest BCUT2D eigenvalue weighted by Crippen LogP contribution is -2.51. The van der Waals surface area contributed by atoms with Crippen LogP contribution in [0.5, 0.6) is 5.88 Å². The average Bonchev–Trinajstić information content (AvgIpc) is 3.72. The van der Waals surface area contributed by atoms with E-state index in [-0.39, 0.29) is 6.04 Å². The number of rotatable bonds is 7. The van der Waals surface area contributed by atoms with Gasteiger partial charge in [-0.25, -0.2) is 14.6 Å². The SMILES string of the molecule is COc1nc2ccc(C(O)(c3cnc(C)n3C)C3CN=C(C)N3C)cc2c(Cl)c1Cc1ccc(-n2cccn2)cc1. The molecule has 1 aliphatic rings. The zero-order valence-corrected chi connectivity index (χ0v) is 24.5. The van der Waals surface area contributed by atoms with E-state index >= 15 is 0 Å². The number of nitrogens with zero attached hydrogens (tertiary/aromatic N) is 7. The average molecular weight is 570 g/mol. The van der Waals surface area contributed by atoms with Crippen molar-refractivity contribution in [3.05, 3.63) is 100 Å². The molecular formula is C31H32ClN7O2. The number of aryl methyl sites for hydroxylation is 1. The number of ether oxygens (including phenoxy) is 1. The molecule has 2 aromatic carbocycles. The van der Waals surface area contributed by atoms with Gasteiger partial charge < -0.3 is 19.3 Å². The van der Waals surface area contributed by atoms with Crippen molar-refractivity contribution in [3.8, 4) is 11.6 Å². The Bertz CT molecular complexity index is 1760. The van der Waals surface area contributed by atoms with Crippen molar-refractivity contribution in [2.24, 2.45) is 12.0 Å². The Hall–Kier alpha value is -4.21. The molecule has 0 saturated carbocycles. The van der Waals surface area contributed by atoms with Gasteiger partial charge in [-0.05, 0) is 55.3 Å². The Labute approximate surface area is 243 Å². The van der Waals surface area contributed by atoms with Crippen molar-refractivity contribution in [1.29, 1.82) is 0 Å². The topological polar surface area (TPSA) is 93.6 Å². The molecule has 41 heavy (non-hydrogen) atoms. The van der Waals surface area contributed by atoms with Gasteiger partial charge in [0, 0.05) is 43.9 Å². The van der Waals surface area contributed by atoms with Crippen LogP contribution in [-0.2, 0) is 19.1 Å². The summed E-state index contributed by atoms with van der Waals surface area (Å²) in [6.45, 7) is 4.33. The van der Waals surface area contributed by atoms with Gasteiger partial charge in [0.05, 0.1) is 53.6 Å². The molecule has 2 atom stereocenters. The summed E-state index contributed by atoms with van der Waals surface area (Å²) in [6.07, 6.45) is 5.93. The maximum absolute atomic E-state index is 12.6. The lowest BCUT2D eigenvalue weighted by Gasteiger charge is -2.39. The third kappa shape index (κ3) is 4.45. The number of aliphatic imine (C=N–C) groups is 1. The van der Waals surface area contributed by atoms with E-state index in [0.717, 1.165) is 33.9 Å². The highest BCUT2D eigenvalue weighted by molar-refractivity contribution is 6.36. The van der Waals surface area contributed by atoms with Crippen molar-refractivity contribution >= 4 is 28.3 Å². The lowest BCUT2D eigenvalue weighted by molar-refractivity contribution is 0.0130. The molecule has 2 unspecified atom stereocenters. The van der Waals surface area contributed by atoms with Crippen LogP contribution in [0.2, 0.25) is 5.02 Å². The number of hydrogen-bond donors (Lipinski definition) is 1. The molecule has 0 fully saturated rings. The normalized spacial score (nSPS) is 16.7. The second kappa shape index (κ2) is 10.3. The van der Waals surface area contributed by atoms with Crippen LogP contribution in [0.4, 0.5) is 0 Å². The second-order valence-electron chi connectivity index (χ2n) is 10.5. The van der Waals surface area contributed by atoms with Gasteiger partial charge in [-0.1, -0.05) is 29.8 Å². The molecule has 0 bridgehead atoms. The zero-order chi connectivity index (χ0) is 28.9. The molecule has 0 spiro atoms. The van der Waals surface area contributed by atoms with Crippen LogP contribution in [0.25, 0.3) is 16.6 Å². The van der Waals surface area contributed by atoms with Gasteiger partial charge in [-0.15, -0.1) is 0 Å². The van der Waals surface area contributed by atoms with E-state index in [1.54, 1.807) is 19.5 Å². The fourth-order valence-corrected chi connectivity index (χ4v) is 5.95. The number of methoxy groups -OCH3 is 1. The summed E-state index contributed by atoms with van der Waals surface area (Å²) in [6, 6.07) is 15.4. The Balaban J connectivity index is 1.45. The first-order valence-corrected chi connectivity index (χ1v) is 13.8. The van der Waals surface area contributed by atoms with E-state index in [1.807, 2.05) is 84.7 Å². The summed E-state index contributed by atoms with van der Waals surface area (Å²) < 4.78 is 9.43. The number of pyridine rings is 1. The van der Waals surface area contributed by atoms with Gasteiger partial charge in [0.25, 0.3) is 0 Å². The van der Waals surface area contributed by atoms with Crippen molar-refractivity contribution in [2.75, 3.05) is 20.7 Å². The van der Waals surface area contributed by atoms with Crippen molar-refractivity contribution in [3.63, 3.8) is 0 Å². The number of benzene rings is 2. The number of hydrogen-bond acceptors (Lipinski definition) is 7.